The third-order valence-electron chi connectivity index (χ3n) is 10.5. The highest BCUT2D eigenvalue weighted by molar-refractivity contribution is 6.13. The van der Waals surface area contributed by atoms with E-state index in [0.29, 0.717) is 5.56 Å². The van der Waals surface area contributed by atoms with E-state index in [-0.39, 0.29) is 5.41 Å². The van der Waals surface area contributed by atoms with Crippen molar-refractivity contribution < 1.29 is 0 Å². The Morgan fingerprint density at radius 2 is 0.980 bits per heavy atom. The van der Waals surface area contributed by atoms with E-state index in [2.05, 4.69) is 170 Å². The minimum atomic E-state index is -0.103. The second kappa shape index (κ2) is 11.6. The number of anilines is 3. The average molecular weight is 639 g/mol. The summed E-state index contributed by atoms with van der Waals surface area (Å²) in [4.78, 5) is 2.37. The predicted octanol–water partition coefficient (Wildman–Crippen LogP) is 13.0. The minimum Gasteiger partial charge on any atom is -0.310 e. The van der Waals surface area contributed by atoms with E-state index < -0.39 is 0 Å². The topological polar surface area (TPSA) is 27.0 Å². The predicted molar refractivity (Wildman–Crippen MR) is 209 cm³/mol. The van der Waals surface area contributed by atoms with Gasteiger partial charge in [0, 0.05) is 22.5 Å². The summed E-state index contributed by atoms with van der Waals surface area (Å²) in [5.41, 5.74) is 13.8. The van der Waals surface area contributed by atoms with E-state index in [0.717, 1.165) is 28.2 Å². The zero-order valence-electron chi connectivity index (χ0n) is 28.1. The number of hydrogen-bond donors (Lipinski definition) is 0. The van der Waals surface area contributed by atoms with Crippen molar-refractivity contribution in [1.82, 2.24) is 0 Å². The van der Waals surface area contributed by atoms with Crippen LogP contribution in [0.4, 0.5) is 17.1 Å². The van der Waals surface area contributed by atoms with Crippen LogP contribution in [0, 0.1) is 11.3 Å². The number of nitriles is 1. The van der Waals surface area contributed by atoms with E-state index in [1.807, 2.05) is 24.3 Å². The summed E-state index contributed by atoms with van der Waals surface area (Å²) in [5, 5.41) is 14.3. The highest BCUT2D eigenvalue weighted by atomic mass is 15.1. The lowest BCUT2D eigenvalue weighted by molar-refractivity contribution is 0.660. The fourth-order valence-electron chi connectivity index (χ4n) is 7.90. The van der Waals surface area contributed by atoms with Crippen LogP contribution in [-0.2, 0) is 5.41 Å². The first-order valence-electron chi connectivity index (χ1n) is 17.2. The van der Waals surface area contributed by atoms with Crippen LogP contribution in [-0.4, -0.2) is 0 Å². The molecule has 9 rings (SSSR count). The highest BCUT2D eigenvalue weighted by Crippen LogP contribution is 2.50. The molecule has 8 aromatic rings. The summed E-state index contributed by atoms with van der Waals surface area (Å²) >= 11 is 0. The molecule has 0 aliphatic heterocycles. The third-order valence-corrected chi connectivity index (χ3v) is 10.5. The van der Waals surface area contributed by atoms with Crippen LogP contribution in [0.5, 0.6) is 0 Å². The van der Waals surface area contributed by atoms with Gasteiger partial charge in [-0.25, -0.2) is 0 Å². The largest absolute Gasteiger partial charge is 0.310 e. The Balaban J connectivity index is 1.16. The van der Waals surface area contributed by atoms with Crippen LogP contribution in [0.2, 0.25) is 0 Å². The summed E-state index contributed by atoms with van der Waals surface area (Å²) < 4.78 is 0. The summed E-state index contributed by atoms with van der Waals surface area (Å²) in [7, 11) is 0. The molecule has 2 nitrogen and oxygen atoms in total. The molecule has 236 valence electrons. The molecule has 0 fully saturated rings. The van der Waals surface area contributed by atoms with Gasteiger partial charge in [-0.3, -0.25) is 0 Å². The zero-order chi connectivity index (χ0) is 33.8. The lowest BCUT2D eigenvalue weighted by Gasteiger charge is -2.28. The Morgan fingerprint density at radius 1 is 0.440 bits per heavy atom. The second-order valence-corrected chi connectivity index (χ2v) is 13.7. The van der Waals surface area contributed by atoms with Crippen molar-refractivity contribution in [3.63, 3.8) is 0 Å². The van der Waals surface area contributed by atoms with Gasteiger partial charge in [-0.05, 0) is 121 Å². The first-order chi connectivity index (χ1) is 24.5. The van der Waals surface area contributed by atoms with Crippen molar-refractivity contribution in [1.29, 1.82) is 5.26 Å². The third kappa shape index (κ3) is 4.79. The maximum atomic E-state index is 9.27. The normalized spacial score (nSPS) is 12.7. The van der Waals surface area contributed by atoms with Crippen molar-refractivity contribution in [3.05, 3.63) is 187 Å². The molecule has 0 radical (unpaired) electrons. The number of benzene rings is 8. The van der Waals surface area contributed by atoms with Crippen LogP contribution in [0.25, 0.3) is 54.9 Å². The van der Waals surface area contributed by atoms with Crippen LogP contribution in [0.1, 0.15) is 30.5 Å². The lowest BCUT2D eigenvalue weighted by Crippen LogP contribution is -2.16. The lowest BCUT2D eigenvalue weighted by atomic mass is 9.82. The summed E-state index contributed by atoms with van der Waals surface area (Å²) in [6.45, 7) is 4.67. The Labute approximate surface area is 293 Å². The Bertz CT molecular complexity index is 2600. The minimum absolute atomic E-state index is 0.103. The molecular formula is C48H34N2. The second-order valence-electron chi connectivity index (χ2n) is 13.7. The van der Waals surface area contributed by atoms with Gasteiger partial charge >= 0.3 is 0 Å². The quantitative estimate of drug-likeness (QED) is 0.175. The van der Waals surface area contributed by atoms with Gasteiger partial charge in [0.15, 0.2) is 0 Å². The van der Waals surface area contributed by atoms with Crippen LogP contribution >= 0.6 is 0 Å². The van der Waals surface area contributed by atoms with Crippen molar-refractivity contribution in [2.75, 3.05) is 4.90 Å². The SMILES string of the molecule is CC1(C)c2ccccc2-c2ccc(N(c3ccc(-c4ccc(C#N)cc4)cc3)c3ccc(-c4cc5ccccc5c5ccccc45)cc3)cc21. The average Bonchev–Trinajstić information content (AvgIpc) is 3.41. The maximum Gasteiger partial charge on any atom is 0.0991 e. The van der Waals surface area contributed by atoms with Crippen molar-refractivity contribution >= 4 is 38.6 Å². The molecule has 0 unspecified atom stereocenters. The molecule has 50 heavy (non-hydrogen) atoms. The molecule has 0 heterocycles. The maximum absolute atomic E-state index is 9.27. The van der Waals surface area contributed by atoms with Crippen molar-refractivity contribution in [2.24, 2.45) is 0 Å². The number of fused-ring (bicyclic) bond motifs is 6. The zero-order valence-corrected chi connectivity index (χ0v) is 28.1. The van der Waals surface area contributed by atoms with E-state index in [9.17, 15) is 5.26 Å². The summed E-state index contributed by atoms with van der Waals surface area (Å²) in [6, 6.07) is 63.2. The van der Waals surface area contributed by atoms with Gasteiger partial charge in [-0.15, -0.1) is 0 Å². The van der Waals surface area contributed by atoms with Gasteiger partial charge in [-0.2, -0.15) is 5.26 Å². The monoisotopic (exact) mass is 638 g/mol. The molecule has 1 aliphatic carbocycles. The fraction of sp³-hybridized carbons (Fsp3) is 0.0625. The molecule has 0 amide bonds. The number of hydrogen-bond acceptors (Lipinski definition) is 2. The smallest absolute Gasteiger partial charge is 0.0991 e. The molecule has 0 saturated heterocycles. The van der Waals surface area contributed by atoms with Gasteiger partial charge in [-0.1, -0.05) is 129 Å². The molecule has 0 bridgehead atoms. The number of nitrogens with zero attached hydrogens (tertiary/aromatic N) is 2. The summed E-state index contributed by atoms with van der Waals surface area (Å²) in [6.07, 6.45) is 0. The molecular weight excluding hydrogens is 605 g/mol. The van der Waals surface area contributed by atoms with Gasteiger partial charge in [0.1, 0.15) is 0 Å². The van der Waals surface area contributed by atoms with E-state index in [1.165, 1.54) is 54.9 Å². The fourth-order valence-corrected chi connectivity index (χ4v) is 7.90. The van der Waals surface area contributed by atoms with Crippen LogP contribution in [0.15, 0.2) is 170 Å². The van der Waals surface area contributed by atoms with Crippen LogP contribution < -0.4 is 4.90 Å². The van der Waals surface area contributed by atoms with Gasteiger partial charge in [0.05, 0.1) is 11.6 Å². The molecule has 8 aromatic carbocycles. The molecule has 0 aromatic heterocycles. The first kappa shape index (κ1) is 29.7. The van der Waals surface area contributed by atoms with Gasteiger partial charge in [0.25, 0.3) is 0 Å². The van der Waals surface area contributed by atoms with Crippen molar-refractivity contribution in [3.8, 4) is 39.4 Å². The summed E-state index contributed by atoms with van der Waals surface area (Å²) in [5.74, 6) is 0. The molecule has 0 N–H and O–H groups in total. The number of rotatable bonds is 5. The van der Waals surface area contributed by atoms with E-state index >= 15 is 0 Å². The molecule has 0 spiro atoms. The molecule has 1 aliphatic rings. The van der Waals surface area contributed by atoms with Crippen molar-refractivity contribution in [2.45, 2.75) is 19.3 Å². The Kier molecular flexibility index (Phi) is 6.90. The first-order valence-corrected chi connectivity index (χ1v) is 17.2. The molecule has 2 heteroatoms. The Hall–Kier alpha value is -6.43. The molecule has 0 saturated carbocycles. The van der Waals surface area contributed by atoms with E-state index in [4.69, 9.17) is 0 Å². The van der Waals surface area contributed by atoms with Crippen LogP contribution in [0.3, 0.4) is 0 Å². The highest BCUT2D eigenvalue weighted by Gasteiger charge is 2.35. The Morgan fingerprint density at radius 3 is 1.68 bits per heavy atom. The standard InChI is InChI=1S/C48H34N2/c1-48(2)46-14-8-7-13-43(46)44-28-27-39(30-47(44)48)50(37-23-19-34(20-24-37)33-17-15-32(31-49)16-18-33)38-25-21-35(22-26-38)45-29-36-9-3-4-10-40(36)41-11-5-6-12-42(41)45/h3-30H,1-2H3. The van der Waals surface area contributed by atoms with Gasteiger partial charge < -0.3 is 4.90 Å². The van der Waals surface area contributed by atoms with E-state index in [1.54, 1.807) is 0 Å². The van der Waals surface area contributed by atoms with Gasteiger partial charge in [0.2, 0.25) is 0 Å². The molecule has 0 atom stereocenters.